The van der Waals surface area contributed by atoms with Gasteiger partial charge in [-0.05, 0) is 35.1 Å². The topological polar surface area (TPSA) is 58.1 Å². The summed E-state index contributed by atoms with van der Waals surface area (Å²) >= 11 is 0. The van der Waals surface area contributed by atoms with Crippen LogP contribution in [0.4, 0.5) is 11.5 Å². The van der Waals surface area contributed by atoms with Crippen LogP contribution in [0.1, 0.15) is 46.9 Å². The second kappa shape index (κ2) is 7.80. The van der Waals surface area contributed by atoms with Crippen molar-refractivity contribution in [3.63, 3.8) is 0 Å². The van der Waals surface area contributed by atoms with E-state index < -0.39 is 0 Å². The Morgan fingerprint density at radius 3 is 2.61 bits per heavy atom. The van der Waals surface area contributed by atoms with Gasteiger partial charge in [0.2, 0.25) is 0 Å². The van der Waals surface area contributed by atoms with E-state index in [2.05, 4.69) is 58.3 Å². The number of hydrogen-bond donors (Lipinski definition) is 1. The van der Waals surface area contributed by atoms with E-state index in [9.17, 15) is 4.79 Å². The molecule has 2 aromatic carbocycles. The van der Waals surface area contributed by atoms with Crippen molar-refractivity contribution in [2.45, 2.75) is 32.7 Å². The van der Waals surface area contributed by atoms with Crippen LogP contribution in [0.25, 0.3) is 0 Å². The molecule has 0 bridgehead atoms. The lowest BCUT2D eigenvalue weighted by atomic mass is 10.00. The van der Waals surface area contributed by atoms with Crippen molar-refractivity contribution in [1.82, 2.24) is 9.97 Å². The summed E-state index contributed by atoms with van der Waals surface area (Å²) in [5.74, 6) is 0.895. The van der Waals surface area contributed by atoms with Crippen LogP contribution in [0.3, 0.4) is 0 Å². The molecular formula is C23H24N4O. The molecule has 1 aliphatic rings. The third kappa shape index (κ3) is 3.74. The number of aromatic nitrogens is 2. The number of amides is 1. The van der Waals surface area contributed by atoms with Crippen molar-refractivity contribution in [1.29, 1.82) is 0 Å². The highest BCUT2D eigenvalue weighted by molar-refractivity contribution is 6.03. The third-order valence-corrected chi connectivity index (χ3v) is 5.17. The second-order valence-electron chi connectivity index (χ2n) is 7.40. The van der Waals surface area contributed by atoms with Crippen LogP contribution in [-0.4, -0.2) is 22.4 Å². The Hall–Kier alpha value is -3.21. The Bertz CT molecular complexity index is 999. The molecule has 5 nitrogen and oxygen atoms in total. The summed E-state index contributed by atoms with van der Waals surface area (Å²) in [5.41, 5.74) is 5.01. The fourth-order valence-corrected chi connectivity index (χ4v) is 3.64. The molecule has 4 rings (SSSR count). The van der Waals surface area contributed by atoms with Gasteiger partial charge in [0.05, 0.1) is 0 Å². The molecule has 0 saturated carbocycles. The van der Waals surface area contributed by atoms with E-state index >= 15 is 0 Å². The third-order valence-electron chi connectivity index (χ3n) is 5.17. The average Bonchev–Trinajstić information content (AvgIpc) is 2.73. The van der Waals surface area contributed by atoms with E-state index in [0.29, 0.717) is 11.6 Å². The molecule has 2 heterocycles. The maximum Gasteiger partial charge on any atom is 0.274 e. The van der Waals surface area contributed by atoms with E-state index in [4.69, 9.17) is 0 Å². The molecule has 142 valence electrons. The molecule has 5 heteroatoms. The van der Waals surface area contributed by atoms with Crippen LogP contribution in [0.2, 0.25) is 0 Å². The molecule has 1 aliphatic heterocycles. The highest BCUT2D eigenvalue weighted by Crippen LogP contribution is 2.25. The summed E-state index contributed by atoms with van der Waals surface area (Å²) in [5, 5.41) is 3.01. The number of carbonyl (C=O) groups excluding carboxylic acids is 1. The first-order valence-corrected chi connectivity index (χ1v) is 9.66. The van der Waals surface area contributed by atoms with Gasteiger partial charge in [-0.2, -0.15) is 0 Å². The van der Waals surface area contributed by atoms with Gasteiger partial charge in [0.25, 0.3) is 5.91 Å². The van der Waals surface area contributed by atoms with Gasteiger partial charge in [-0.3, -0.25) is 4.79 Å². The second-order valence-corrected chi connectivity index (χ2v) is 7.40. The van der Waals surface area contributed by atoms with Crippen LogP contribution < -0.4 is 10.2 Å². The quantitative estimate of drug-likeness (QED) is 0.737. The summed E-state index contributed by atoms with van der Waals surface area (Å²) < 4.78 is 0. The highest BCUT2D eigenvalue weighted by Gasteiger charge is 2.19. The van der Waals surface area contributed by atoms with Crippen LogP contribution in [-0.2, 0) is 13.0 Å². The maximum atomic E-state index is 12.8. The molecule has 0 aliphatic carbocycles. The SMILES string of the molecule is CC(C)c1ccccc1NC(=O)c1cc(N2CCc3ccccc3C2)ncn1. The van der Waals surface area contributed by atoms with Crippen molar-refractivity contribution in [2.24, 2.45) is 0 Å². The van der Waals surface area contributed by atoms with Crippen LogP contribution in [0.5, 0.6) is 0 Å². The van der Waals surface area contributed by atoms with Crippen molar-refractivity contribution in [3.05, 3.63) is 83.3 Å². The predicted molar refractivity (Wildman–Crippen MR) is 112 cm³/mol. The Balaban J connectivity index is 1.54. The predicted octanol–water partition coefficient (Wildman–Crippen LogP) is 4.42. The number of benzene rings is 2. The zero-order valence-electron chi connectivity index (χ0n) is 16.2. The molecular weight excluding hydrogens is 348 g/mol. The molecule has 1 amide bonds. The first kappa shape index (κ1) is 18.2. The van der Waals surface area contributed by atoms with E-state index in [-0.39, 0.29) is 5.91 Å². The smallest absolute Gasteiger partial charge is 0.274 e. The zero-order valence-corrected chi connectivity index (χ0v) is 16.2. The number of fused-ring (bicyclic) bond motifs is 1. The van der Waals surface area contributed by atoms with Gasteiger partial charge in [-0.25, -0.2) is 9.97 Å². The van der Waals surface area contributed by atoms with Gasteiger partial charge in [0, 0.05) is 24.8 Å². The minimum absolute atomic E-state index is 0.214. The molecule has 0 radical (unpaired) electrons. The summed E-state index contributed by atoms with van der Waals surface area (Å²) in [6.45, 7) is 5.90. The first-order valence-electron chi connectivity index (χ1n) is 9.66. The first-order chi connectivity index (χ1) is 13.6. The normalized spacial score (nSPS) is 13.3. The fraction of sp³-hybridized carbons (Fsp3) is 0.261. The fourth-order valence-electron chi connectivity index (χ4n) is 3.64. The molecule has 0 unspecified atom stereocenters. The van der Waals surface area contributed by atoms with Gasteiger partial charge < -0.3 is 10.2 Å². The van der Waals surface area contributed by atoms with Crippen molar-refractivity contribution >= 4 is 17.4 Å². The zero-order chi connectivity index (χ0) is 19.5. The van der Waals surface area contributed by atoms with E-state index in [1.807, 2.05) is 24.3 Å². The number of nitrogens with zero attached hydrogens (tertiary/aromatic N) is 3. The van der Waals surface area contributed by atoms with Gasteiger partial charge in [-0.1, -0.05) is 56.3 Å². The summed E-state index contributed by atoms with van der Waals surface area (Å²) in [6.07, 6.45) is 2.45. The molecule has 3 aromatic rings. The Kier molecular flexibility index (Phi) is 5.06. The van der Waals surface area contributed by atoms with Gasteiger partial charge in [0.1, 0.15) is 17.8 Å². The number of hydrogen-bond acceptors (Lipinski definition) is 4. The largest absolute Gasteiger partial charge is 0.352 e. The number of para-hydroxylation sites is 1. The lowest BCUT2D eigenvalue weighted by Gasteiger charge is -2.29. The molecule has 1 aromatic heterocycles. The highest BCUT2D eigenvalue weighted by atomic mass is 16.1. The molecule has 0 saturated heterocycles. The van der Waals surface area contributed by atoms with Gasteiger partial charge >= 0.3 is 0 Å². The maximum absolute atomic E-state index is 12.8. The van der Waals surface area contributed by atoms with Crippen LogP contribution >= 0.6 is 0 Å². The minimum Gasteiger partial charge on any atom is -0.352 e. The van der Waals surface area contributed by atoms with Crippen LogP contribution in [0, 0.1) is 0 Å². The lowest BCUT2D eigenvalue weighted by Crippen LogP contribution is -2.31. The molecule has 1 N–H and O–H groups in total. The minimum atomic E-state index is -0.214. The summed E-state index contributed by atoms with van der Waals surface area (Å²) in [4.78, 5) is 23.6. The Morgan fingerprint density at radius 1 is 1.04 bits per heavy atom. The molecule has 28 heavy (non-hydrogen) atoms. The monoisotopic (exact) mass is 372 g/mol. The Labute approximate surface area is 165 Å². The van der Waals surface area contributed by atoms with E-state index in [1.54, 1.807) is 6.07 Å². The molecule has 0 atom stereocenters. The van der Waals surface area contributed by atoms with Crippen LogP contribution in [0.15, 0.2) is 60.9 Å². The van der Waals surface area contributed by atoms with Crippen molar-refractivity contribution in [3.8, 4) is 0 Å². The van der Waals surface area contributed by atoms with Crippen molar-refractivity contribution in [2.75, 3.05) is 16.8 Å². The van der Waals surface area contributed by atoms with Crippen molar-refractivity contribution < 1.29 is 4.79 Å². The molecule has 0 spiro atoms. The summed E-state index contributed by atoms with van der Waals surface area (Å²) in [6, 6.07) is 18.1. The lowest BCUT2D eigenvalue weighted by molar-refractivity contribution is 0.102. The average molecular weight is 372 g/mol. The van der Waals surface area contributed by atoms with Gasteiger partial charge in [-0.15, -0.1) is 0 Å². The van der Waals surface area contributed by atoms with E-state index in [0.717, 1.165) is 36.6 Å². The summed E-state index contributed by atoms with van der Waals surface area (Å²) in [7, 11) is 0. The number of carbonyl (C=O) groups is 1. The number of nitrogens with one attached hydrogen (secondary N) is 1. The standard InChI is InChI=1S/C23H24N4O/c1-16(2)19-9-5-6-10-20(19)26-23(28)21-13-22(25-15-24-21)27-12-11-17-7-3-4-8-18(17)14-27/h3-10,13,15-16H,11-12,14H2,1-2H3,(H,26,28). The number of anilines is 2. The van der Waals surface area contributed by atoms with Gasteiger partial charge in [0.15, 0.2) is 0 Å². The number of rotatable bonds is 4. The molecule has 0 fully saturated rings. The Morgan fingerprint density at radius 2 is 1.79 bits per heavy atom. The van der Waals surface area contributed by atoms with E-state index in [1.165, 1.54) is 17.5 Å².